The highest BCUT2D eigenvalue weighted by atomic mass is 35.5. The van der Waals surface area contributed by atoms with Crippen molar-refractivity contribution in [3.05, 3.63) is 47.0 Å². The van der Waals surface area contributed by atoms with E-state index in [9.17, 15) is 0 Å². The number of halogens is 1. The number of aryl methyl sites for hydroxylation is 1. The largest absolute Gasteiger partial charge is 0.378 e. The number of anilines is 1. The molecular weight excluding hydrogens is 246 g/mol. The summed E-state index contributed by atoms with van der Waals surface area (Å²) in [7, 11) is 0. The van der Waals surface area contributed by atoms with Gasteiger partial charge in [-0.15, -0.1) is 0 Å². The van der Waals surface area contributed by atoms with Crippen LogP contribution in [-0.2, 0) is 6.54 Å². The zero-order valence-electron chi connectivity index (χ0n) is 10.4. The first-order chi connectivity index (χ1) is 8.75. The predicted octanol–water partition coefficient (Wildman–Crippen LogP) is 3.79. The quantitative estimate of drug-likeness (QED) is 0.907. The summed E-state index contributed by atoms with van der Waals surface area (Å²) in [5.74, 6) is 0. The lowest BCUT2D eigenvalue weighted by Gasteiger charge is -2.12. The van der Waals surface area contributed by atoms with E-state index in [1.807, 2.05) is 24.7 Å². The van der Waals surface area contributed by atoms with Crippen molar-refractivity contribution >= 4 is 17.3 Å². The molecule has 3 nitrogen and oxygen atoms in total. The standard InChI is InChI=1S/C14H16ClN3/c1-10-3-2-4-13(15)14(10)17-8-12-7-16-9-18(12)11-5-6-11/h2-4,7,9,11,17H,5-6,8H2,1H3. The van der Waals surface area contributed by atoms with Gasteiger partial charge in [0.05, 0.1) is 29.3 Å². The summed E-state index contributed by atoms with van der Waals surface area (Å²) in [5.41, 5.74) is 3.40. The topological polar surface area (TPSA) is 29.9 Å². The number of hydrogen-bond acceptors (Lipinski definition) is 2. The molecule has 0 unspecified atom stereocenters. The third-order valence-corrected chi connectivity index (χ3v) is 3.67. The molecule has 1 aliphatic rings. The van der Waals surface area contributed by atoms with Crippen molar-refractivity contribution in [2.24, 2.45) is 0 Å². The van der Waals surface area contributed by atoms with Crippen LogP contribution in [0.4, 0.5) is 5.69 Å². The third-order valence-electron chi connectivity index (χ3n) is 3.35. The molecule has 1 fully saturated rings. The molecule has 18 heavy (non-hydrogen) atoms. The van der Waals surface area contributed by atoms with E-state index in [-0.39, 0.29) is 0 Å². The fraction of sp³-hybridized carbons (Fsp3) is 0.357. The zero-order chi connectivity index (χ0) is 12.5. The Morgan fingerprint density at radius 3 is 3.00 bits per heavy atom. The van der Waals surface area contributed by atoms with E-state index in [2.05, 4.69) is 27.9 Å². The van der Waals surface area contributed by atoms with E-state index in [0.717, 1.165) is 17.3 Å². The zero-order valence-corrected chi connectivity index (χ0v) is 11.1. The molecular formula is C14H16ClN3. The van der Waals surface area contributed by atoms with Crippen LogP contribution in [0.3, 0.4) is 0 Å². The van der Waals surface area contributed by atoms with Gasteiger partial charge >= 0.3 is 0 Å². The van der Waals surface area contributed by atoms with Crippen LogP contribution in [0.5, 0.6) is 0 Å². The van der Waals surface area contributed by atoms with Gasteiger partial charge in [-0.3, -0.25) is 0 Å². The van der Waals surface area contributed by atoms with E-state index in [0.29, 0.717) is 6.04 Å². The Bertz CT molecular complexity index is 538. The first kappa shape index (κ1) is 11.6. The molecule has 0 spiro atoms. The van der Waals surface area contributed by atoms with Crippen LogP contribution in [0.1, 0.15) is 30.1 Å². The summed E-state index contributed by atoms with van der Waals surface area (Å²) < 4.78 is 2.26. The minimum atomic E-state index is 0.664. The molecule has 4 heteroatoms. The van der Waals surface area contributed by atoms with E-state index in [1.54, 1.807) is 0 Å². The van der Waals surface area contributed by atoms with Gasteiger partial charge in [0.1, 0.15) is 0 Å². The Hall–Kier alpha value is -1.48. The van der Waals surface area contributed by atoms with Crippen LogP contribution in [0, 0.1) is 6.92 Å². The second-order valence-electron chi connectivity index (χ2n) is 4.81. The lowest BCUT2D eigenvalue weighted by atomic mass is 10.2. The number of imidazole rings is 1. The van der Waals surface area contributed by atoms with Gasteiger partial charge in [-0.25, -0.2) is 4.98 Å². The van der Waals surface area contributed by atoms with Crippen LogP contribution < -0.4 is 5.32 Å². The van der Waals surface area contributed by atoms with Crippen molar-refractivity contribution in [3.8, 4) is 0 Å². The maximum atomic E-state index is 6.20. The molecule has 1 aromatic heterocycles. The maximum Gasteiger partial charge on any atom is 0.0951 e. The van der Waals surface area contributed by atoms with Gasteiger partial charge in [0, 0.05) is 12.2 Å². The Labute approximate surface area is 112 Å². The van der Waals surface area contributed by atoms with Gasteiger partial charge in [-0.2, -0.15) is 0 Å². The van der Waals surface area contributed by atoms with E-state index >= 15 is 0 Å². The lowest BCUT2D eigenvalue weighted by molar-refractivity contribution is 0.701. The maximum absolute atomic E-state index is 6.20. The van der Waals surface area contributed by atoms with Crippen molar-refractivity contribution in [1.82, 2.24) is 9.55 Å². The van der Waals surface area contributed by atoms with Gasteiger partial charge in [-0.1, -0.05) is 23.7 Å². The molecule has 3 rings (SSSR count). The third kappa shape index (κ3) is 2.23. The van der Waals surface area contributed by atoms with Crippen molar-refractivity contribution in [2.75, 3.05) is 5.32 Å². The molecule has 0 saturated heterocycles. The second kappa shape index (κ2) is 4.65. The Balaban J connectivity index is 1.76. The van der Waals surface area contributed by atoms with Gasteiger partial charge in [0.2, 0.25) is 0 Å². The molecule has 94 valence electrons. The van der Waals surface area contributed by atoms with Crippen LogP contribution in [0.2, 0.25) is 5.02 Å². The average Bonchev–Trinajstić information content (AvgIpc) is 3.09. The number of para-hydroxylation sites is 1. The molecule has 1 aliphatic carbocycles. The van der Waals surface area contributed by atoms with Gasteiger partial charge in [0.25, 0.3) is 0 Å². The monoisotopic (exact) mass is 261 g/mol. The highest BCUT2D eigenvalue weighted by molar-refractivity contribution is 6.33. The van der Waals surface area contributed by atoms with Gasteiger partial charge in [-0.05, 0) is 31.4 Å². The van der Waals surface area contributed by atoms with Crippen molar-refractivity contribution in [1.29, 1.82) is 0 Å². The molecule has 0 atom stereocenters. The Kier molecular flexibility index (Phi) is 3.00. The van der Waals surface area contributed by atoms with Crippen LogP contribution in [0.25, 0.3) is 0 Å². The number of hydrogen-bond donors (Lipinski definition) is 1. The number of nitrogens with zero attached hydrogens (tertiary/aromatic N) is 2. The van der Waals surface area contributed by atoms with Crippen LogP contribution in [-0.4, -0.2) is 9.55 Å². The molecule has 0 radical (unpaired) electrons. The predicted molar refractivity (Wildman–Crippen MR) is 74.0 cm³/mol. The fourth-order valence-electron chi connectivity index (χ4n) is 2.19. The SMILES string of the molecule is Cc1cccc(Cl)c1NCc1cncn1C1CC1. The number of nitrogens with one attached hydrogen (secondary N) is 1. The summed E-state index contributed by atoms with van der Waals surface area (Å²) in [6.07, 6.45) is 6.40. The first-order valence-electron chi connectivity index (χ1n) is 6.25. The number of aromatic nitrogens is 2. The summed E-state index contributed by atoms with van der Waals surface area (Å²) in [6.45, 7) is 2.83. The highest BCUT2D eigenvalue weighted by Gasteiger charge is 2.25. The minimum absolute atomic E-state index is 0.664. The molecule has 1 N–H and O–H groups in total. The van der Waals surface area contributed by atoms with Crippen LogP contribution >= 0.6 is 11.6 Å². The molecule has 2 aromatic rings. The molecule has 0 amide bonds. The molecule has 1 aromatic carbocycles. The highest BCUT2D eigenvalue weighted by Crippen LogP contribution is 2.36. The van der Waals surface area contributed by atoms with Gasteiger partial charge in [0.15, 0.2) is 0 Å². The van der Waals surface area contributed by atoms with Crippen molar-refractivity contribution < 1.29 is 0 Å². The summed E-state index contributed by atoms with van der Waals surface area (Å²) >= 11 is 6.20. The first-order valence-corrected chi connectivity index (χ1v) is 6.63. The van der Waals surface area contributed by atoms with E-state index < -0.39 is 0 Å². The summed E-state index contributed by atoms with van der Waals surface area (Å²) in [4.78, 5) is 4.23. The summed E-state index contributed by atoms with van der Waals surface area (Å²) in [5, 5.41) is 4.18. The van der Waals surface area contributed by atoms with Crippen molar-refractivity contribution in [2.45, 2.75) is 32.4 Å². The Morgan fingerprint density at radius 1 is 1.44 bits per heavy atom. The smallest absolute Gasteiger partial charge is 0.0951 e. The molecule has 0 bridgehead atoms. The van der Waals surface area contributed by atoms with E-state index in [4.69, 9.17) is 11.6 Å². The number of rotatable bonds is 4. The lowest BCUT2D eigenvalue weighted by Crippen LogP contribution is -2.07. The number of benzene rings is 1. The fourth-order valence-corrected chi connectivity index (χ4v) is 2.47. The second-order valence-corrected chi connectivity index (χ2v) is 5.22. The molecule has 0 aliphatic heterocycles. The normalized spacial score (nSPS) is 14.8. The van der Waals surface area contributed by atoms with Gasteiger partial charge < -0.3 is 9.88 Å². The van der Waals surface area contributed by atoms with E-state index in [1.165, 1.54) is 24.1 Å². The molecule has 1 heterocycles. The van der Waals surface area contributed by atoms with Crippen molar-refractivity contribution in [3.63, 3.8) is 0 Å². The molecule has 1 saturated carbocycles. The summed E-state index contributed by atoms with van der Waals surface area (Å²) in [6, 6.07) is 6.61. The van der Waals surface area contributed by atoms with Crippen LogP contribution in [0.15, 0.2) is 30.7 Å². The Morgan fingerprint density at radius 2 is 2.28 bits per heavy atom. The average molecular weight is 262 g/mol. The minimum Gasteiger partial charge on any atom is -0.378 e.